The van der Waals surface area contributed by atoms with Crippen LogP contribution in [0.2, 0.25) is 0 Å². The summed E-state index contributed by atoms with van der Waals surface area (Å²) in [7, 11) is 0. The number of aryl methyl sites for hydroxylation is 1. The first-order valence-electron chi connectivity index (χ1n) is 5.93. The number of hydrogen-bond donors (Lipinski definition) is 1. The number of halogens is 1. The van der Waals surface area contributed by atoms with Crippen LogP contribution >= 0.6 is 27.3 Å². The first-order valence-corrected chi connectivity index (χ1v) is 7.60. The summed E-state index contributed by atoms with van der Waals surface area (Å²) in [5.41, 5.74) is 1.98. The van der Waals surface area contributed by atoms with Crippen molar-refractivity contribution in [2.45, 2.75) is 19.8 Å². The molecule has 2 rings (SSSR count). The van der Waals surface area contributed by atoms with Crippen molar-refractivity contribution in [2.24, 2.45) is 5.92 Å². The first-order chi connectivity index (χ1) is 9.04. The molecule has 0 spiro atoms. The average Bonchev–Trinajstić information content (AvgIpc) is 2.76. The zero-order valence-electron chi connectivity index (χ0n) is 10.5. The van der Waals surface area contributed by atoms with Gasteiger partial charge in [-0.1, -0.05) is 28.1 Å². The van der Waals surface area contributed by atoms with E-state index in [0.29, 0.717) is 12.8 Å². The summed E-state index contributed by atoms with van der Waals surface area (Å²) in [6.07, 6.45) is 1.02. The summed E-state index contributed by atoms with van der Waals surface area (Å²) in [4.78, 5) is 15.7. The van der Waals surface area contributed by atoms with Crippen LogP contribution in [0, 0.1) is 12.8 Å². The van der Waals surface area contributed by atoms with Gasteiger partial charge in [-0.25, -0.2) is 4.98 Å². The maximum atomic E-state index is 11.3. The number of carbonyl (C=O) groups is 1. The van der Waals surface area contributed by atoms with Crippen LogP contribution in [0.5, 0.6) is 0 Å². The van der Waals surface area contributed by atoms with Crippen LogP contribution in [0.4, 0.5) is 0 Å². The Kier molecular flexibility index (Phi) is 4.71. The van der Waals surface area contributed by atoms with Crippen LogP contribution in [0.15, 0.2) is 34.1 Å². The number of carboxylic acid groups (broad SMARTS) is 1. The molecule has 0 bridgehead atoms. The molecule has 1 aromatic carbocycles. The van der Waals surface area contributed by atoms with E-state index < -0.39 is 11.9 Å². The molecule has 0 radical (unpaired) electrons. The van der Waals surface area contributed by atoms with E-state index in [1.165, 1.54) is 11.3 Å². The Hall–Kier alpha value is -1.20. The fourth-order valence-corrected chi connectivity index (χ4v) is 2.98. The minimum Gasteiger partial charge on any atom is -0.481 e. The molecular weight excluding hydrogens is 326 g/mol. The maximum absolute atomic E-state index is 11.3. The topological polar surface area (TPSA) is 50.2 Å². The third kappa shape index (κ3) is 4.14. The number of rotatable bonds is 5. The van der Waals surface area contributed by atoms with Crippen molar-refractivity contribution < 1.29 is 9.90 Å². The van der Waals surface area contributed by atoms with E-state index in [0.717, 1.165) is 20.7 Å². The van der Waals surface area contributed by atoms with E-state index >= 15 is 0 Å². The van der Waals surface area contributed by atoms with Gasteiger partial charge in [-0.2, -0.15) is 0 Å². The quantitative estimate of drug-likeness (QED) is 0.903. The van der Waals surface area contributed by atoms with Crippen LogP contribution < -0.4 is 0 Å². The minimum atomic E-state index is -0.768. The fraction of sp³-hybridized carbons (Fsp3) is 0.286. The summed E-state index contributed by atoms with van der Waals surface area (Å²) >= 11 is 4.90. The molecule has 1 unspecified atom stereocenters. The van der Waals surface area contributed by atoms with Crippen LogP contribution in [-0.2, 0) is 17.6 Å². The predicted molar refractivity (Wildman–Crippen MR) is 79.5 cm³/mol. The molecule has 100 valence electrons. The van der Waals surface area contributed by atoms with Crippen molar-refractivity contribution in [3.05, 3.63) is 50.4 Å². The Balaban J connectivity index is 2.08. The molecule has 2 aromatic rings. The third-order valence-electron chi connectivity index (χ3n) is 2.83. The molecule has 19 heavy (non-hydrogen) atoms. The molecule has 0 amide bonds. The lowest BCUT2D eigenvalue weighted by molar-refractivity contribution is -0.141. The summed E-state index contributed by atoms with van der Waals surface area (Å²) in [6.45, 7) is 1.92. The van der Waals surface area contributed by atoms with Gasteiger partial charge in [0.05, 0.1) is 10.9 Å². The standard InChI is InChI=1S/C14H14BrNO2S/c1-9-8-19-13(16-9)7-11(14(17)18)6-10-2-4-12(15)5-3-10/h2-5,8,11H,6-7H2,1H3,(H,17,18). The van der Waals surface area contributed by atoms with Crippen LogP contribution in [0.25, 0.3) is 0 Å². The van der Waals surface area contributed by atoms with Crippen LogP contribution in [-0.4, -0.2) is 16.1 Å². The first kappa shape index (κ1) is 14.2. The average molecular weight is 340 g/mol. The van der Waals surface area contributed by atoms with Gasteiger partial charge in [0.25, 0.3) is 0 Å². The molecule has 0 saturated carbocycles. The van der Waals surface area contributed by atoms with Crippen molar-refractivity contribution in [1.82, 2.24) is 4.98 Å². The molecule has 3 nitrogen and oxygen atoms in total. The number of aromatic nitrogens is 1. The van der Waals surface area contributed by atoms with Crippen molar-refractivity contribution in [1.29, 1.82) is 0 Å². The Morgan fingerprint density at radius 2 is 2.05 bits per heavy atom. The van der Waals surface area contributed by atoms with Crippen LogP contribution in [0.3, 0.4) is 0 Å². The Morgan fingerprint density at radius 1 is 1.37 bits per heavy atom. The number of thiazole rings is 1. The molecule has 0 aliphatic carbocycles. The molecule has 0 fully saturated rings. The Bertz CT molecular complexity index is 565. The van der Waals surface area contributed by atoms with Gasteiger partial charge in [0.2, 0.25) is 0 Å². The summed E-state index contributed by atoms with van der Waals surface area (Å²) in [5.74, 6) is -1.19. The zero-order chi connectivity index (χ0) is 13.8. The lowest BCUT2D eigenvalue weighted by atomic mass is 9.96. The van der Waals surface area contributed by atoms with Gasteiger partial charge in [-0.15, -0.1) is 11.3 Å². The lowest BCUT2D eigenvalue weighted by Crippen LogP contribution is -2.19. The van der Waals surface area contributed by atoms with Gasteiger partial charge in [0.1, 0.15) is 0 Å². The second-order valence-corrected chi connectivity index (χ2v) is 6.31. The van der Waals surface area contributed by atoms with E-state index in [1.807, 2.05) is 36.6 Å². The van der Waals surface area contributed by atoms with Gasteiger partial charge >= 0.3 is 5.97 Å². The van der Waals surface area contributed by atoms with Crippen molar-refractivity contribution >= 4 is 33.2 Å². The number of hydrogen-bond acceptors (Lipinski definition) is 3. The molecule has 0 aliphatic rings. The van der Waals surface area contributed by atoms with Crippen molar-refractivity contribution in [2.75, 3.05) is 0 Å². The highest BCUT2D eigenvalue weighted by Gasteiger charge is 2.20. The van der Waals surface area contributed by atoms with Crippen molar-refractivity contribution in [3.63, 3.8) is 0 Å². The number of carboxylic acids is 1. The fourth-order valence-electron chi connectivity index (χ4n) is 1.86. The Morgan fingerprint density at radius 3 is 2.58 bits per heavy atom. The normalized spacial score (nSPS) is 12.3. The highest BCUT2D eigenvalue weighted by molar-refractivity contribution is 9.10. The summed E-state index contributed by atoms with van der Waals surface area (Å²) in [6, 6.07) is 7.77. The highest BCUT2D eigenvalue weighted by atomic mass is 79.9. The molecule has 5 heteroatoms. The highest BCUT2D eigenvalue weighted by Crippen LogP contribution is 2.19. The molecule has 0 aliphatic heterocycles. The van der Waals surface area contributed by atoms with Crippen LogP contribution in [0.1, 0.15) is 16.3 Å². The third-order valence-corrected chi connectivity index (χ3v) is 4.35. The largest absolute Gasteiger partial charge is 0.481 e. The monoisotopic (exact) mass is 339 g/mol. The van der Waals surface area contributed by atoms with Gasteiger partial charge in [0, 0.05) is 22.0 Å². The van der Waals surface area contributed by atoms with E-state index in [4.69, 9.17) is 0 Å². The zero-order valence-corrected chi connectivity index (χ0v) is 12.9. The summed E-state index contributed by atoms with van der Waals surface area (Å²) in [5, 5.41) is 12.2. The van der Waals surface area contributed by atoms with E-state index in [-0.39, 0.29) is 0 Å². The van der Waals surface area contributed by atoms with Gasteiger partial charge < -0.3 is 5.11 Å². The number of aliphatic carboxylic acids is 1. The molecule has 1 N–H and O–H groups in total. The number of benzene rings is 1. The second kappa shape index (κ2) is 6.30. The predicted octanol–water partition coefficient (Wildman–Crippen LogP) is 3.70. The molecule has 1 aromatic heterocycles. The number of nitrogens with zero attached hydrogens (tertiary/aromatic N) is 1. The van der Waals surface area contributed by atoms with E-state index in [1.54, 1.807) is 0 Å². The maximum Gasteiger partial charge on any atom is 0.307 e. The van der Waals surface area contributed by atoms with Gasteiger partial charge in [0.15, 0.2) is 0 Å². The smallest absolute Gasteiger partial charge is 0.307 e. The second-order valence-electron chi connectivity index (χ2n) is 4.45. The minimum absolute atomic E-state index is 0.424. The lowest BCUT2D eigenvalue weighted by Gasteiger charge is -2.10. The molecule has 1 atom stereocenters. The van der Waals surface area contributed by atoms with E-state index in [2.05, 4.69) is 20.9 Å². The molecular formula is C14H14BrNO2S. The van der Waals surface area contributed by atoms with E-state index in [9.17, 15) is 9.90 Å². The van der Waals surface area contributed by atoms with Gasteiger partial charge in [-0.05, 0) is 31.0 Å². The van der Waals surface area contributed by atoms with Crippen molar-refractivity contribution in [3.8, 4) is 0 Å². The van der Waals surface area contributed by atoms with Gasteiger partial charge in [-0.3, -0.25) is 4.79 Å². The molecule has 1 heterocycles. The summed E-state index contributed by atoms with van der Waals surface area (Å²) < 4.78 is 0.999. The SMILES string of the molecule is Cc1csc(CC(Cc2ccc(Br)cc2)C(=O)O)n1. The molecule has 0 saturated heterocycles. The Labute approximate surface area is 124 Å².